The van der Waals surface area contributed by atoms with Crippen LogP contribution in [0.15, 0.2) is 43.0 Å². The fourth-order valence-corrected chi connectivity index (χ4v) is 3.32. The first-order valence-electron chi connectivity index (χ1n) is 8.01. The number of hydrogen-bond donors (Lipinski definition) is 1. The van der Waals surface area contributed by atoms with E-state index in [9.17, 15) is 0 Å². The molecule has 0 amide bonds. The molecule has 22 heavy (non-hydrogen) atoms. The Kier molecular flexibility index (Phi) is 3.64. The maximum Gasteiger partial charge on any atom is 0.111 e. The zero-order chi connectivity index (χ0) is 14.8. The molecule has 114 valence electrons. The van der Waals surface area contributed by atoms with Crippen molar-refractivity contribution in [2.75, 3.05) is 19.6 Å². The van der Waals surface area contributed by atoms with Gasteiger partial charge in [-0.3, -0.25) is 0 Å². The van der Waals surface area contributed by atoms with Crippen molar-refractivity contribution >= 4 is 11.0 Å². The Morgan fingerprint density at radius 3 is 3.05 bits per heavy atom. The number of benzene rings is 1. The molecule has 5 heteroatoms. The summed E-state index contributed by atoms with van der Waals surface area (Å²) in [4.78, 5) is 14.9. The summed E-state index contributed by atoms with van der Waals surface area (Å²) in [6, 6.07) is 8.29. The van der Waals surface area contributed by atoms with Crippen molar-refractivity contribution in [1.29, 1.82) is 0 Å². The van der Waals surface area contributed by atoms with E-state index in [4.69, 9.17) is 4.98 Å². The summed E-state index contributed by atoms with van der Waals surface area (Å²) < 4.78 is 2.14. The molecule has 0 radical (unpaired) electrons. The SMILES string of the molecule is c1ccc2[nH]c(C3CCCN(CCn4ccnc4)C3)nc2c1. The van der Waals surface area contributed by atoms with Crippen molar-refractivity contribution in [3.63, 3.8) is 0 Å². The number of fused-ring (bicyclic) bond motifs is 1. The van der Waals surface area contributed by atoms with Gasteiger partial charge in [-0.25, -0.2) is 9.97 Å². The summed E-state index contributed by atoms with van der Waals surface area (Å²) >= 11 is 0. The lowest BCUT2D eigenvalue weighted by atomic mass is 9.97. The Labute approximate surface area is 130 Å². The molecule has 1 aliphatic heterocycles. The molecule has 3 heterocycles. The van der Waals surface area contributed by atoms with Gasteiger partial charge < -0.3 is 14.5 Å². The number of imidazole rings is 2. The van der Waals surface area contributed by atoms with Gasteiger partial charge in [0.2, 0.25) is 0 Å². The minimum Gasteiger partial charge on any atom is -0.342 e. The molecule has 1 saturated heterocycles. The lowest BCUT2D eigenvalue weighted by Gasteiger charge is -2.31. The zero-order valence-electron chi connectivity index (χ0n) is 12.7. The average Bonchev–Trinajstić information content (AvgIpc) is 3.22. The highest BCUT2D eigenvalue weighted by atomic mass is 15.2. The van der Waals surface area contributed by atoms with Crippen molar-refractivity contribution in [3.8, 4) is 0 Å². The number of nitrogens with one attached hydrogen (secondary N) is 1. The standard InChI is InChI=1S/C17H21N5/c1-2-6-16-15(5-1)19-17(20-16)14-4-3-8-21(12-14)10-11-22-9-7-18-13-22/h1-2,5-7,9,13-14H,3-4,8,10-12H2,(H,19,20). The molecule has 5 nitrogen and oxygen atoms in total. The number of para-hydroxylation sites is 2. The molecule has 0 spiro atoms. The normalized spacial score (nSPS) is 19.7. The Hall–Kier alpha value is -2.14. The van der Waals surface area contributed by atoms with Crippen molar-refractivity contribution in [2.24, 2.45) is 0 Å². The topological polar surface area (TPSA) is 49.7 Å². The monoisotopic (exact) mass is 295 g/mol. The fraction of sp³-hybridized carbons (Fsp3) is 0.412. The smallest absolute Gasteiger partial charge is 0.111 e. The zero-order valence-corrected chi connectivity index (χ0v) is 12.7. The van der Waals surface area contributed by atoms with E-state index in [0.29, 0.717) is 5.92 Å². The fourth-order valence-electron chi connectivity index (χ4n) is 3.32. The molecular weight excluding hydrogens is 274 g/mol. The van der Waals surface area contributed by atoms with Gasteiger partial charge in [0.1, 0.15) is 5.82 Å². The summed E-state index contributed by atoms with van der Waals surface area (Å²) in [6.07, 6.45) is 8.22. The summed E-state index contributed by atoms with van der Waals surface area (Å²) in [7, 11) is 0. The van der Waals surface area contributed by atoms with Gasteiger partial charge in [0.15, 0.2) is 0 Å². The summed E-state index contributed by atoms with van der Waals surface area (Å²) in [6.45, 7) is 4.36. The molecule has 0 bridgehead atoms. The van der Waals surface area contributed by atoms with Gasteiger partial charge in [-0.15, -0.1) is 0 Å². The third-order valence-electron chi connectivity index (χ3n) is 4.53. The predicted octanol–water partition coefficient (Wildman–Crippen LogP) is 2.64. The van der Waals surface area contributed by atoms with E-state index in [0.717, 1.165) is 36.5 Å². The molecule has 4 rings (SSSR count). The molecular formula is C17H21N5. The van der Waals surface area contributed by atoms with Crippen LogP contribution < -0.4 is 0 Å². The van der Waals surface area contributed by atoms with E-state index < -0.39 is 0 Å². The summed E-state index contributed by atoms with van der Waals surface area (Å²) in [5.41, 5.74) is 2.22. The minimum atomic E-state index is 0.518. The highest BCUT2D eigenvalue weighted by molar-refractivity contribution is 5.74. The van der Waals surface area contributed by atoms with Crippen LogP contribution in [0.4, 0.5) is 0 Å². The second kappa shape index (κ2) is 5.93. The van der Waals surface area contributed by atoms with E-state index >= 15 is 0 Å². The van der Waals surface area contributed by atoms with Crippen LogP contribution in [0.5, 0.6) is 0 Å². The molecule has 1 unspecified atom stereocenters. The summed E-state index contributed by atoms with van der Waals surface area (Å²) in [5.74, 6) is 1.66. The van der Waals surface area contributed by atoms with Crippen molar-refractivity contribution < 1.29 is 0 Å². The van der Waals surface area contributed by atoms with E-state index in [1.807, 2.05) is 24.8 Å². The predicted molar refractivity (Wildman–Crippen MR) is 86.7 cm³/mol. The number of nitrogens with zero attached hydrogens (tertiary/aromatic N) is 4. The van der Waals surface area contributed by atoms with Crippen molar-refractivity contribution in [3.05, 3.63) is 48.8 Å². The minimum absolute atomic E-state index is 0.518. The molecule has 1 fully saturated rings. The Balaban J connectivity index is 1.43. The second-order valence-corrected chi connectivity index (χ2v) is 6.08. The molecule has 1 atom stereocenters. The van der Waals surface area contributed by atoms with Gasteiger partial charge in [-0.1, -0.05) is 12.1 Å². The maximum atomic E-state index is 4.78. The molecule has 1 N–H and O–H groups in total. The Bertz CT molecular complexity index is 697. The van der Waals surface area contributed by atoms with Crippen LogP contribution >= 0.6 is 0 Å². The number of piperidine rings is 1. The molecule has 3 aromatic rings. The van der Waals surface area contributed by atoms with E-state index in [-0.39, 0.29) is 0 Å². The van der Waals surface area contributed by atoms with Crippen LogP contribution in [0.1, 0.15) is 24.6 Å². The van der Waals surface area contributed by atoms with Crippen LogP contribution in [0, 0.1) is 0 Å². The van der Waals surface area contributed by atoms with Crippen LogP contribution in [0.25, 0.3) is 11.0 Å². The lowest BCUT2D eigenvalue weighted by Crippen LogP contribution is -2.36. The largest absolute Gasteiger partial charge is 0.342 e. The number of rotatable bonds is 4. The average molecular weight is 295 g/mol. The first-order valence-corrected chi connectivity index (χ1v) is 8.01. The van der Waals surface area contributed by atoms with E-state index in [1.165, 1.54) is 19.4 Å². The van der Waals surface area contributed by atoms with Crippen LogP contribution in [-0.2, 0) is 6.54 Å². The highest BCUT2D eigenvalue weighted by Crippen LogP contribution is 2.26. The number of hydrogen-bond acceptors (Lipinski definition) is 3. The van der Waals surface area contributed by atoms with Gasteiger partial charge in [0.05, 0.1) is 17.4 Å². The highest BCUT2D eigenvalue weighted by Gasteiger charge is 2.23. The van der Waals surface area contributed by atoms with Crippen LogP contribution in [0.2, 0.25) is 0 Å². The van der Waals surface area contributed by atoms with Crippen LogP contribution in [-0.4, -0.2) is 44.1 Å². The molecule has 1 aliphatic rings. The molecule has 0 saturated carbocycles. The van der Waals surface area contributed by atoms with E-state index in [1.54, 1.807) is 0 Å². The van der Waals surface area contributed by atoms with Gasteiger partial charge in [-0.2, -0.15) is 0 Å². The van der Waals surface area contributed by atoms with Gasteiger partial charge >= 0.3 is 0 Å². The quantitative estimate of drug-likeness (QED) is 0.805. The maximum absolute atomic E-state index is 4.78. The number of likely N-dealkylation sites (tertiary alicyclic amines) is 1. The molecule has 2 aromatic heterocycles. The van der Waals surface area contributed by atoms with Gasteiger partial charge in [0.25, 0.3) is 0 Å². The first kappa shape index (κ1) is 13.5. The first-order chi connectivity index (χ1) is 10.9. The number of H-pyrrole nitrogens is 1. The third-order valence-corrected chi connectivity index (χ3v) is 4.53. The van der Waals surface area contributed by atoms with Gasteiger partial charge in [0, 0.05) is 37.9 Å². The number of aromatic amines is 1. The third kappa shape index (κ3) is 2.76. The van der Waals surface area contributed by atoms with Gasteiger partial charge in [-0.05, 0) is 31.5 Å². The van der Waals surface area contributed by atoms with Crippen LogP contribution in [0.3, 0.4) is 0 Å². The van der Waals surface area contributed by atoms with Crippen molar-refractivity contribution in [1.82, 2.24) is 24.4 Å². The number of aromatic nitrogens is 4. The van der Waals surface area contributed by atoms with E-state index in [2.05, 4.69) is 37.6 Å². The Morgan fingerprint density at radius 2 is 2.18 bits per heavy atom. The molecule has 1 aromatic carbocycles. The second-order valence-electron chi connectivity index (χ2n) is 6.08. The molecule has 0 aliphatic carbocycles. The lowest BCUT2D eigenvalue weighted by molar-refractivity contribution is 0.198. The summed E-state index contributed by atoms with van der Waals surface area (Å²) in [5, 5.41) is 0. The Morgan fingerprint density at radius 1 is 1.23 bits per heavy atom. The van der Waals surface area contributed by atoms with Crippen molar-refractivity contribution in [2.45, 2.75) is 25.3 Å².